The first-order chi connectivity index (χ1) is 8.94. The molecule has 0 bridgehead atoms. The molecule has 2 aromatic heterocycles. The number of rotatable bonds is 5. The second-order valence-electron chi connectivity index (χ2n) is 5.72. The predicted octanol–water partition coefficient (Wildman–Crippen LogP) is 0.895. The van der Waals surface area contributed by atoms with Gasteiger partial charge in [-0.15, -0.1) is 0 Å². The van der Waals surface area contributed by atoms with E-state index >= 15 is 0 Å². The molecule has 0 saturated carbocycles. The Morgan fingerprint density at radius 2 is 2.16 bits per heavy atom. The van der Waals surface area contributed by atoms with Gasteiger partial charge in [0.2, 0.25) is 0 Å². The van der Waals surface area contributed by atoms with Gasteiger partial charge in [-0.05, 0) is 24.8 Å². The minimum atomic E-state index is -0.0244. The van der Waals surface area contributed by atoms with Gasteiger partial charge in [-0.2, -0.15) is 5.10 Å². The highest BCUT2D eigenvalue weighted by molar-refractivity contribution is 5.72. The average Bonchev–Trinajstić information content (AvgIpc) is 2.75. The van der Waals surface area contributed by atoms with E-state index in [1.807, 2.05) is 0 Å². The summed E-state index contributed by atoms with van der Waals surface area (Å²) in [6.45, 7) is 5.60. The number of nitrogens with two attached hydrogens (primary N) is 1. The van der Waals surface area contributed by atoms with Crippen LogP contribution in [0.1, 0.15) is 26.7 Å². The fourth-order valence-electron chi connectivity index (χ4n) is 2.06. The van der Waals surface area contributed by atoms with Crippen molar-refractivity contribution in [1.82, 2.24) is 19.3 Å². The fourth-order valence-corrected chi connectivity index (χ4v) is 2.06. The lowest BCUT2D eigenvalue weighted by molar-refractivity contribution is 0.326. The Hall–Kier alpha value is -1.69. The molecule has 0 aliphatic carbocycles. The van der Waals surface area contributed by atoms with E-state index in [0.29, 0.717) is 24.1 Å². The highest BCUT2D eigenvalue weighted by atomic mass is 16.1. The van der Waals surface area contributed by atoms with Crippen molar-refractivity contribution in [3.8, 4) is 0 Å². The lowest BCUT2D eigenvalue weighted by Crippen LogP contribution is -2.25. The zero-order valence-corrected chi connectivity index (χ0v) is 11.8. The van der Waals surface area contributed by atoms with Gasteiger partial charge >= 0.3 is 0 Å². The molecule has 104 valence electrons. The normalized spacial score (nSPS) is 12.2. The molecule has 19 heavy (non-hydrogen) atoms. The molecule has 0 amide bonds. The molecule has 0 aliphatic rings. The molecule has 0 atom stereocenters. The summed E-state index contributed by atoms with van der Waals surface area (Å²) in [6.07, 6.45) is 5.07. The minimum absolute atomic E-state index is 0.0244. The average molecular weight is 263 g/mol. The topological polar surface area (TPSA) is 78.7 Å². The van der Waals surface area contributed by atoms with E-state index in [-0.39, 0.29) is 11.0 Å². The van der Waals surface area contributed by atoms with E-state index < -0.39 is 0 Å². The van der Waals surface area contributed by atoms with Crippen LogP contribution in [0.3, 0.4) is 0 Å². The van der Waals surface area contributed by atoms with E-state index in [9.17, 15) is 4.79 Å². The van der Waals surface area contributed by atoms with Crippen LogP contribution in [0.4, 0.5) is 0 Å². The fraction of sp³-hybridized carbons (Fsp3) is 0.615. The van der Waals surface area contributed by atoms with Crippen molar-refractivity contribution in [1.29, 1.82) is 0 Å². The summed E-state index contributed by atoms with van der Waals surface area (Å²) in [5.41, 5.74) is 6.43. The van der Waals surface area contributed by atoms with Crippen LogP contribution in [0.2, 0.25) is 0 Å². The van der Waals surface area contributed by atoms with Gasteiger partial charge < -0.3 is 5.73 Å². The SMILES string of the molecule is Cn1ncc2c(=O)n(CCCC(C)(C)CN)cnc21. The Bertz CT molecular complexity index is 625. The first-order valence-corrected chi connectivity index (χ1v) is 6.52. The van der Waals surface area contributed by atoms with E-state index in [4.69, 9.17) is 5.73 Å². The number of fused-ring (bicyclic) bond motifs is 1. The molecule has 6 heteroatoms. The maximum Gasteiger partial charge on any atom is 0.264 e. The molecule has 0 radical (unpaired) electrons. The number of aryl methyl sites for hydroxylation is 2. The van der Waals surface area contributed by atoms with Crippen LogP contribution in [0.15, 0.2) is 17.3 Å². The van der Waals surface area contributed by atoms with Gasteiger partial charge in [-0.25, -0.2) is 4.98 Å². The monoisotopic (exact) mass is 263 g/mol. The number of aromatic nitrogens is 4. The Morgan fingerprint density at radius 1 is 1.42 bits per heavy atom. The molecule has 0 saturated heterocycles. The van der Waals surface area contributed by atoms with Crippen LogP contribution >= 0.6 is 0 Å². The Labute approximate surface area is 112 Å². The number of hydrogen-bond donors (Lipinski definition) is 1. The van der Waals surface area contributed by atoms with Crippen molar-refractivity contribution in [2.24, 2.45) is 18.2 Å². The summed E-state index contributed by atoms with van der Waals surface area (Å²) < 4.78 is 3.26. The van der Waals surface area contributed by atoms with E-state index in [1.165, 1.54) is 0 Å². The largest absolute Gasteiger partial charge is 0.330 e. The van der Waals surface area contributed by atoms with Gasteiger partial charge in [0.1, 0.15) is 5.39 Å². The molecule has 2 aromatic rings. The summed E-state index contributed by atoms with van der Waals surface area (Å²) in [5.74, 6) is 0. The summed E-state index contributed by atoms with van der Waals surface area (Å²) >= 11 is 0. The molecular weight excluding hydrogens is 242 g/mol. The third-order valence-electron chi connectivity index (χ3n) is 3.52. The molecule has 0 aromatic carbocycles. The summed E-state index contributed by atoms with van der Waals surface area (Å²) in [4.78, 5) is 16.5. The summed E-state index contributed by atoms with van der Waals surface area (Å²) in [6, 6.07) is 0. The molecule has 2 N–H and O–H groups in total. The molecule has 6 nitrogen and oxygen atoms in total. The Morgan fingerprint density at radius 3 is 2.84 bits per heavy atom. The van der Waals surface area contributed by atoms with Crippen molar-refractivity contribution >= 4 is 11.0 Å². The van der Waals surface area contributed by atoms with Crippen LogP contribution in [-0.4, -0.2) is 25.9 Å². The minimum Gasteiger partial charge on any atom is -0.330 e. The van der Waals surface area contributed by atoms with Crippen molar-refractivity contribution in [2.75, 3.05) is 6.54 Å². The van der Waals surface area contributed by atoms with Crippen molar-refractivity contribution < 1.29 is 0 Å². The predicted molar refractivity (Wildman–Crippen MR) is 74.8 cm³/mol. The van der Waals surface area contributed by atoms with E-state index in [1.54, 1.807) is 28.8 Å². The maximum absolute atomic E-state index is 12.2. The van der Waals surface area contributed by atoms with Crippen LogP contribution in [0.25, 0.3) is 11.0 Å². The third-order valence-corrected chi connectivity index (χ3v) is 3.52. The molecule has 2 heterocycles. The maximum atomic E-state index is 12.2. The zero-order chi connectivity index (χ0) is 14.0. The lowest BCUT2D eigenvalue weighted by atomic mass is 9.88. The van der Waals surface area contributed by atoms with Crippen LogP contribution in [0.5, 0.6) is 0 Å². The van der Waals surface area contributed by atoms with Gasteiger partial charge in [0.05, 0.1) is 12.5 Å². The quantitative estimate of drug-likeness (QED) is 0.869. The van der Waals surface area contributed by atoms with E-state index in [0.717, 1.165) is 12.8 Å². The van der Waals surface area contributed by atoms with Crippen molar-refractivity contribution in [3.05, 3.63) is 22.9 Å². The Kier molecular flexibility index (Phi) is 3.71. The van der Waals surface area contributed by atoms with E-state index in [2.05, 4.69) is 23.9 Å². The molecule has 0 fully saturated rings. The second-order valence-corrected chi connectivity index (χ2v) is 5.72. The third kappa shape index (κ3) is 2.84. The van der Waals surface area contributed by atoms with Crippen LogP contribution in [0, 0.1) is 5.41 Å². The number of nitrogens with zero attached hydrogens (tertiary/aromatic N) is 4. The molecular formula is C13H21N5O. The van der Waals surface area contributed by atoms with Gasteiger partial charge in [0, 0.05) is 13.6 Å². The molecule has 0 aliphatic heterocycles. The first kappa shape index (κ1) is 13.7. The highest BCUT2D eigenvalue weighted by Crippen LogP contribution is 2.20. The van der Waals surface area contributed by atoms with Gasteiger partial charge in [-0.1, -0.05) is 13.8 Å². The second kappa shape index (κ2) is 5.13. The van der Waals surface area contributed by atoms with Crippen LogP contribution < -0.4 is 11.3 Å². The summed E-state index contributed by atoms with van der Waals surface area (Å²) in [7, 11) is 1.78. The van der Waals surface area contributed by atoms with Crippen molar-refractivity contribution in [2.45, 2.75) is 33.2 Å². The van der Waals surface area contributed by atoms with Gasteiger partial charge in [0.15, 0.2) is 5.65 Å². The zero-order valence-electron chi connectivity index (χ0n) is 11.8. The smallest absolute Gasteiger partial charge is 0.264 e. The summed E-state index contributed by atoms with van der Waals surface area (Å²) in [5, 5.41) is 4.63. The standard InChI is InChI=1S/C13H21N5O/c1-13(2,8-14)5-4-6-18-9-15-11-10(12(18)19)7-16-17(11)3/h7,9H,4-6,8,14H2,1-3H3. The van der Waals surface area contributed by atoms with Gasteiger partial charge in [0.25, 0.3) is 5.56 Å². The molecule has 0 spiro atoms. The molecule has 2 rings (SSSR count). The van der Waals surface area contributed by atoms with Crippen LogP contribution in [-0.2, 0) is 13.6 Å². The molecule has 0 unspecified atom stereocenters. The van der Waals surface area contributed by atoms with Gasteiger partial charge in [-0.3, -0.25) is 14.0 Å². The van der Waals surface area contributed by atoms with Crippen molar-refractivity contribution in [3.63, 3.8) is 0 Å². The highest BCUT2D eigenvalue weighted by Gasteiger charge is 2.15. The lowest BCUT2D eigenvalue weighted by Gasteiger charge is -2.22. The Balaban J connectivity index is 2.14. The first-order valence-electron chi connectivity index (χ1n) is 6.52. The number of hydrogen-bond acceptors (Lipinski definition) is 4.